The second-order valence-electron chi connectivity index (χ2n) is 12.3. The molecular weight excluding hydrogens is 601 g/mol. The Hall–Kier alpha value is -6.59. The van der Waals surface area contributed by atoms with Crippen LogP contribution in [0.25, 0.3) is 44.8 Å². The fourth-order valence-corrected chi connectivity index (χ4v) is 7.24. The fraction of sp³-hybridized carbons (Fsp3) is 0.0227. The Kier molecular flexibility index (Phi) is 6.76. The first-order valence-corrected chi connectivity index (χ1v) is 16.3. The summed E-state index contributed by atoms with van der Waals surface area (Å²) < 4.78 is 6.44. The number of nitrogens with two attached hydrogens (primary N) is 1. The first-order chi connectivity index (χ1) is 24.2. The maximum atomic E-state index is 6.44. The molecule has 49 heavy (non-hydrogen) atoms. The van der Waals surface area contributed by atoms with E-state index in [1.807, 2.05) is 60.7 Å². The number of aliphatic imine (C=N–C) groups is 1. The Morgan fingerprint density at radius 1 is 0.571 bits per heavy atom. The maximum Gasteiger partial charge on any atom is 0.227 e. The van der Waals surface area contributed by atoms with E-state index in [0.29, 0.717) is 17.5 Å². The second kappa shape index (κ2) is 11.6. The number of amidine groups is 1. The molecule has 0 radical (unpaired) electrons. The summed E-state index contributed by atoms with van der Waals surface area (Å²) in [6.45, 7) is 0. The highest BCUT2D eigenvalue weighted by molar-refractivity contribution is 5.99. The molecule has 0 saturated heterocycles. The molecule has 5 nitrogen and oxygen atoms in total. The van der Waals surface area contributed by atoms with Gasteiger partial charge >= 0.3 is 0 Å². The van der Waals surface area contributed by atoms with Crippen molar-refractivity contribution in [2.45, 2.75) is 5.41 Å². The number of rotatable bonds is 6. The van der Waals surface area contributed by atoms with E-state index in [-0.39, 0.29) is 0 Å². The zero-order valence-electron chi connectivity index (χ0n) is 26.5. The Morgan fingerprint density at radius 3 is 2.08 bits per heavy atom. The lowest BCUT2D eigenvalue weighted by molar-refractivity contribution is 0.618. The van der Waals surface area contributed by atoms with E-state index in [1.165, 1.54) is 27.8 Å². The zero-order valence-corrected chi connectivity index (χ0v) is 26.5. The summed E-state index contributed by atoms with van der Waals surface area (Å²) in [5.74, 6) is 1.63. The van der Waals surface area contributed by atoms with E-state index >= 15 is 0 Å². The van der Waals surface area contributed by atoms with Gasteiger partial charge in [0.15, 0.2) is 11.4 Å². The fourth-order valence-electron chi connectivity index (χ4n) is 7.24. The lowest BCUT2D eigenvalue weighted by Crippen LogP contribution is -2.28. The van der Waals surface area contributed by atoms with Crippen LogP contribution >= 0.6 is 0 Å². The number of hydrogen-bond donors (Lipinski definition) is 1. The van der Waals surface area contributed by atoms with Gasteiger partial charge in [0.05, 0.1) is 5.41 Å². The van der Waals surface area contributed by atoms with Crippen molar-refractivity contribution >= 4 is 22.8 Å². The van der Waals surface area contributed by atoms with Crippen LogP contribution in [-0.2, 0) is 5.41 Å². The molecule has 0 aliphatic heterocycles. The predicted molar refractivity (Wildman–Crippen MR) is 197 cm³/mol. The predicted octanol–water partition coefficient (Wildman–Crippen LogP) is 9.96. The summed E-state index contributed by atoms with van der Waals surface area (Å²) in [4.78, 5) is 13.6. The molecule has 1 atom stereocenters. The van der Waals surface area contributed by atoms with Crippen molar-refractivity contribution in [2.24, 2.45) is 10.7 Å². The molecule has 0 spiro atoms. The molecule has 2 aromatic heterocycles. The van der Waals surface area contributed by atoms with Crippen molar-refractivity contribution in [1.82, 2.24) is 9.97 Å². The summed E-state index contributed by atoms with van der Waals surface area (Å²) in [5, 5.41) is 0. The van der Waals surface area contributed by atoms with Gasteiger partial charge in [0, 0.05) is 17.3 Å². The highest BCUT2D eigenvalue weighted by Gasteiger charge is 2.46. The van der Waals surface area contributed by atoms with Gasteiger partial charge in [-0.25, -0.2) is 15.0 Å². The molecule has 1 aliphatic carbocycles. The van der Waals surface area contributed by atoms with Crippen molar-refractivity contribution < 1.29 is 4.42 Å². The van der Waals surface area contributed by atoms with Gasteiger partial charge in [0.2, 0.25) is 5.89 Å². The molecule has 0 fully saturated rings. The first kappa shape index (κ1) is 28.6. The van der Waals surface area contributed by atoms with Crippen molar-refractivity contribution in [2.75, 3.05) is 0 Å². The van der Waals surface area contributed by atoms with E-state index in [1.54, 1.807) is 6.20 Å². The molecule has 2 heterocycles. The van der Waals surface area contributed by atoms with Crippen LogP contribution in [0.3, 0.4) is 0 Å². The molecule has 2 N–H and O–H groups in total. The lowest BCUT2D eigenvalue weighted by atomic mass is 9.67. The Bertz CT molecular complexity index is 2490. The van der Waals surface area contributed by atoms with Crippen molar-refractivity contribution in [3.05, 3.63) is 198 Å². The van der Waals surface area contributed by atoms with Crippen LogP contribution in [0.1, 0.15) is 27.8 Å². The minimum absolute atomic E-state index is 0.427. The van der Waals surface area contributed by atoms with Gasteiger partial charge in [-0.2, -0.15) is 0 Å². The van der Waals surface area contributed by atoms with Crippen LogP contribution < -0.4 is 5.73 Å². The molecule has 0 bridgehead atoms. The minimum atomic E-state index is -0.587. The maximum absolute atomic E-state index is 6.44. The molecule has 1 aliphatic rings. The standard InChI is InChI=1S/C44H30N4O/c45-42(48-41-17-9-10-26-46-41)30-20-18-29(19-21-30)32-22-24-36-35-15-7-8-16-37(35)44(38(36)27-32,33-13-5-2-6-14-33)34-23-25-39-40(28-34)49-43(47-39)31-11-3-1-4-12-31/h1-28H,(H2,45,46,48). The SMILES string of the molecule is N/C(=N\c1ccccn1)c1ccc(-c2ccc3c(c2)C(c2ccccc2)(c2ccc4nc(-c5ccccc5)oc4c2)c2ccccc2-3)cc1. The van der Waals surface area contributed by atoms with Gasteiger partial charge in [0.1, 0.15) is 11.4 Å². The van der Waals surface area contributed by atoms with Crippen LogP contribution in [0.5, 0.6) is 0 Å². The molecule has 8 aromatic rings. The van der Waals surface area contributed by atoms with Gasteiger partial charge in [0.25, 0.3) is 0 Å². The second-order valence-corrected chi connectivity index (χ2v) is 12.3. The first-order valence-electron chi connectivity index (χ1n) is 16.3. The van der Waals surface area contributed by atoms with Gasteiger partial charge in [-0.1, -0.05) is 121 Å². The van der Waals surface area contributed by atoms with Gasteiger partial charge in [-0.3, -0.25) is 0 Å². The molecule has 0 saturated carbocycles. The molecule has 5 heteroatoms. The molecule has 0 amide bonds. The van der Waals surface area contributed by atoms with E-state index in [9.17, 15) is 0 Å². The number of aromatic nitrogens is 2. The van der Waals surface area contributed by atoms with Crippen molar-refractivity contribution in [3.8, 4) is 33.7 Å². The van der Waals surface area contributed by atoms with Crippen LogP contribution in [0.2, 0.25) is 0 Å². The number of pyridine rings is 1. The highest BCUT2D eigenvalue weighted by Crippen LogP contribution is 2.57. The monoisotopic (exact) mass is 630 g/mol. The zero-order chi connectivity index (χ0) is 32.8. The van der Waals surface area contributed by atoms with E-state index < -0.39 is 5.41 Å². The third-order valence-corrected chi connectivity index (χ3v) is 9.49. The van der Waals surface area contributed by atoms with Crippen LogP contribution in [-0.4, -0.2) is 15.8 Å². The average molecular weight is 631 g/mol. The van der Waals surface area contributed by atoms with Gasteiger partial charge in [-0.05, 0) is 87.0 Å². The van der Waals surface area contributed by atoms with Crippen LogP contribution in [0, 0.1) is 0 Å². The topological polar surface area (TPSA) is 77.3 Å². The largest absolute Gasteiger partial charge is 0.436 e. The number of hydrogen-bond acceptors (Lipinski definition) is 4. The summed E-state index contributed by atoms with van der Waals surface area (Å²) in [5.41, 5.74) is 18.6. The van der Waals surface area contributed by atoms with Gasteiger partial charge < -0.3 is 10.2 Å². The number of oxazole rings is 1. The Balaban J connectivity index is 1.21. The van der Waals surface area contributed by atoms with Gasteiger partial charge in [-0.15, -0.1) is 0 Å². The minimum Gasteiger partial charge on any atom is -0.436 e. The third kappa shape index (κ3) is 4.75. The Morgan fingerprint density at radius 2 is 1.29 bits per heavy atom. The number of benzene rings is 6. The summed E-state index contributed by atoms with van der Waals surface area (Å²) in [6, 6.07) is 56.8. The van der Waals surface area contributed by atoms with Crippen molar-refractivity contribution in [3.63, 3.8) is 0 Å². The molecule has 232 valence electrons. The summed E-state index contributed by atoms with van der Waals surface area (Å²) in [7, 11) is 0. The average Bonchev–Trinajstić information content (AvgIpc) is 3.73. The van der Waals surface area contributed by atoms with E-state index in [0.717, 1.165) is 38.9 Å². The third-order valence-electron chi connectivity index (χ3n) is 9.49. The van der Waals surface area contributed by atoms with Crippen LogP contribution in [0.15, 0.2) is 179 Å². The van der Waals surface area contributed by atoms with Crippen LogP contribution in [0.4, 0.5) is 5.82 Å². The highest BCUT2D eigenvalue weighted by atomic mass is 16.3. The smallest absolute Gasteiger partial charge is 0.227 e. The van der Waals surface area contributed by atoms with E-state index in [4.69, 9.17) is 15.1 Å². The number of fused-ring (bicyclic) bond motifs is 4. The summed E-state index contributed by atoms with van der Waals surface area (Å²) in [6.07, 6.45) is 1.71. The molecular formula is C44H30N4O. The molecule has 1 unspecified atom stereocenters. The quantitative estimate of drug-likeness (QED) is 0.147. The molecule has 6 aromatic carbocycles. The lowest BCUT2D eigenvalue weighted by Gasteiger charge is -2.34. The Labute approximate surface area is 284 Å². The van der Waals surface area contributed by atoms with Crippen molar-refractivity contribution in [1.29, 1.82) is 0 Å². The molecule has 9 rings (SSSR count). The normalized spacial score (nSPS) is 15.2. The van der Waals surface area contributed by atoms with E-state index in [2.05, 4.69) is 113 Å². The summed E-state index contributed by atoms with van der Waals surface area (Å²) >= 11 is 0. The number of nitrogens with zero attached hydrogens (tertiary/aromatic N) is 3.